The Morgan fingerprint density at radius 2 is 1.96 bits per heavy atom. The minimum Gasteiger partial charge on any atom is -0.457 e. The van der Waals surface area contributed by atoms with Crippen molar-refractivity contribution >= 4 is 17.8 Å². The van der Waals surface area contributed by atoms with E-state index in [1.54, 1.807) is 36.4 Å². The molecule has 1 fully saturated rings. The third-order valence-corrected chi connectivity index (χ3v) is 4.54. The van der Waals surface area contributed by atoms with E-state index in [9.17, 15) is 14.4 Å². The number of hydrogen-bond acceptors (Lipinski definition) is 5. The Morgan fingerprint density at radius 1 is 1.19 bits per heavy atom. The highest BCUT2D eigenvalue weighted by Gasteiger charge is 2.46. The van der Waals surface area contributed by atoms with Gasteiger partial charge < -0.3 is 9.47 Å². The predicted octanol–water partition coefficient (Wildman–Crippen LogP) is 4.12. The van der Waals surface area contributed by atoms with Gasteiger partial charge in [-0.3, -0.25) is 14.9 Å². The van der Waals surface area contributed by atoms with Crippen molar-refractivity contribution in [1.82, 2.24) is 5.32 Å². The molecule has 6 heteroatoms. The van der Waals surface area contributed by atoms with Gasteiger partial charge >= 0.3 is 6.09 Å². The molecule has 2 aromatic carbocycles. The number of carbonyl (C=O) groups excluding carboxylic acids is 3. The number of amides is 2. The van der Waals surface area contributed by atoms with Crippen molar-refractivity contribution in [2.24, 2.45) is 0 Å². The summed E-state index contributed by atoms with van der Waals surface area (Å²) in [4.78, 5) is 35.1. The molecule has 1 aliphatic rings. The lowest BCUT2D eigenvalue weighted by molar-refractivity contribution is -0.130. The summed E-state index contributed by atoms with van der Waals surface area (Å²) in [6.07, 6.45) is 0.915. The van der Waals surface area contributed by atoms with Gasteiger partial charge in [-0.2, -0.15) is 0 Å². The molecule has 3 rings (SSSR count). The van der Waals surface area contributed by atoms with Gasteiger partial charge in [0, 0.05) is 11.1 Å². The van der Waals surface area contributed by atoms with Gasteiger partial charge in [0.05, 0.1) is 0 Å². The number of cyclic esters (lactones) is 1. The van der Waals surface area contributed by atoms with Crippen LogP contribution in [0, 0.1) is 0 Å². The zero-order valence-electron chi connectivity index (χ0n) is 15.5. The Bertz CT molecular complexity index is 921. The highest BCUT2D eigenvalue weighted by atomic mass is 16.6. The number of ether oxygens (including phenoxy) is 2. The van der Waals surface area contributed by atoms with Crippen molar-refractivity contribution in [1.29, 1.82) is 0 Å². The fraction of sp³-hybridized carbons (Fsp3) is 0.286. The minimum atomic E-state index is -1.39. The van der Waals surface area contributed by atoms with Gasteiger partial charge in [0.1, 0.15) is 11.5 Å². The number of benzene rings is 2. The van der Waals surface area contributed by atoms with Gasteiger partial charge in [-0.1, -0.05) is 25.5 Å². The second-order valence-electron chi connectivity index (χ2n) is 6.64. The molecule has 0 radical (unpaired) electrons. The Morgan fingerprint density at radius 3 is 2.59 bits per heavy atom. The fourth-order valence-corrected chi connectivity index (χ4v) is 3.01. The van der Waals surface area contributed by atoms with E-state index in [1.165, 1.54) is 13.8 Å². The Hall–Kier alpha value is -3.15. The SMILES string of the molecule is CCCc1cc(C(C)=O)ccc1Oc1cccc([C@@]2(C)OC(=O)NC2=O)c1. The molecule has 0 aliphatic carbocycles. The van der Waals surface area contributed by atoms with E-state index < -0.39 is 17.6 Å². The van der Waals surface area contributed by atoms with Gasteiger partial charge in [0.15, 0.2) is 5.78 Å². The van der Waals surface area contributed by atoms with Crippen LogP contribution in [0.1, 0.15) is 48.7 Å². The van der Waals surface area contributed by atoms with E-state index in [1.807, 2.05) is 6.07 Å². The van der Waals surface area contributed by atoms with Crippen LogP contribution in [0.2, 0.25) is 0 Å². The smallest absolute Gasteiger partial charge is 0.415 e. The van der Waals surface area contributed by atoms with Crippen molar-refractivity contribution in [2.45, 2.75) is 39.2 Å². The van der Waals surface area contributed by atoms with Gasteiger partial charge in [-0.05, 0) is 56.2 Å². The number of nitrogens with one attached hydrogen (secondary N) is 1. The monoisotopic (exact) mass is 367 g/mol. The molecular formula is C21H21NO5. The van der Waals surface area contributed by atoms with E-state index >= 15 is 0 Å². The molecular weight excluding hydrogens is 346 g/mol. The second kappa shape index (κ2) is 7.23. The average molecular weight is 367 g/mol. The van der Waals surface area contributed by atoms with Crippen LogP contribution in [0.15, 0.2) is 42.5 Å². The summed E-state index contributed by atoms with van der Waals surface area (Å²) in [7, 11) is 0. The molecule has 1 heterocycles. The molecule has 1 saturated heterocycles. The van der Waals surface area contributed by atoms with Crippen LogP contribution in [0.4, 0.5) is 4.79 Å². The lowest BCUT2D eigenvalue weighted by atomic mass is 9.95. The first-order chi connectivity index (χ1) is 12.8. The van der Waals surface area contributed by atoms with Crippen LogP contribution >= 0.6 is 0 Å². The highest BCUT2D eigenvalue weighted by molar-refractivity contribution is 6.03. The third-order valence-electron chi connectivity index (χ3n) is 4.54. The van der Waals surface area contributed by atoms with Gasteiger partial charge in [-0.15, -0.1) is 0 Å². The molecule has 140 valence electrons. The molecule has 0 aromatic heterocycles. The van der Waals surface area contributed by atoms with Crippen LogP contribution in [0.5, 0.6) is 11.5 Å². The number of hydrogen-bond donors (Lipinski definition) is 1. The zero-order chi connectivity index (χ0) is 19.6. The van der Waals surface area contributed by atoms with Crippen molar-refractivity contribution in [3.8, 4) is 11.5 Å². The van der Waals surface area contributed by atoms with E-state index in [4.69, 9.17) is 9.47 Å². The first kappa shape index (κ1) is 18.6. The Kier molecular flexibility index (Phi) is 4.99. The molecule has 0 bridgehead atoms. The summed E-state index contributed by atoms with van der Waals surface area (Å²) in [6, 6.07) is 12.2. The van der Waals surface area contributed by atoms with Crippen LogP contribution in [0.25, 0.3) is 0 Å². The first-order valence-electron chi connectivity index (χ1n) is 8.80. The van der Waals surface area contributed by atoms with Crippen molar-refractivity contribution < 1.29 is 23.9 Å². The average Bonchev–Trinajstić information content (AvgIpc) is 2.90. The number of ketones is 1. The molecule has 0 unspecified atom stereocenters. The van der Waals surface area contributed by atoms with Gasteiger partial charge in [0.25, 0.3) is 5.91 Å². The maximum Gasteiger partial charge on any atom is 0.415 e. The number of imide groups is 1. The van der Waals surface area contributed by atoms with Gasteiger partial charge in [0.2, 0.25) is 5.60 Å². The summed E-state index contributed by atoms with van der Waals surface area (Å²) < 4.78 is 11.2. The summed E-state index contributed by atoms with van der Waals surface area (Å²) >= 11 is 0. The number of aryl methyl sites for hydroxylation is 1. The summed E-state index contributed by atoms with van der Waals surface area (Å²) in [5.41, 5.74) is 0.704. The summed E-state index contributed by atoms with van der Waals surface area (Å²) in [5.74, 6) is 0.652. The second-order valence-corrected chi connectivity index (χ2v) is 6.64. The van der Waals surface area contributed by atoms with Crippen molar-refractivity contribution in [3.63, 3.8) is 0 Å². The molecule has 0 saturated carbocycles. The predicted molar refractivity (Wildman–Crippen MR) is 98.9 cm³/mol. The van der Waals surface area contributed by atoms with Gasteiger partial charge in [-0.25, -0.2) is 4.79 Å². The maximum atomic E-state index is 12.1. The Labute approximate surface area is 157 Å². The number of carbonyl (C=O) groups is 3. The molecule has 6 nitrogen and oxygen atoms in total. The maximum absolute atomic E-state index is 12.1. The van der Waals surface area contributed by atoms with E-state index in [-0.39, 0.29) is 5.78 Å². The van der Waals surface area contributed by atoms with Crippen molar-refractivity contribution in [2.75, 3.05) is 0 Å². The molecule has 27 heavy (non-hydrogen) atoms. The quantitative estimate of drug-likeness (QED) is 0.777. The largest absolute Gasteiger partial charge is 0.457 e. The zero-order valence-corrected chi connectivity index (χ0v) is 15.5. The van der Waals surface area contributed by atoms with E-state index in [2.05, 4.69) is 12.2 Å². The lowest BCUT2D eigenvalue weighted by Gasteiger charge is -2.20. The third kappa shape index (κ3) is 3.69. The number of Topliss-reactive ketones (excluding diaryl/α,β-unsaturated/α-hetero) is 1. The van der Waals surface area contributed by atoms with Crippen molar-refractivity contribution in [3.05, 3.63) is 59.2 Å². The molecule has 1 atom stereocenters. The van der Waals surface area contributed by atoms with E-state index in [0.29, 0.717) is 22.6 Å². The fourth-order valence-electron chi connectivity index (χ4n) is 3.01. The van der Waals surface area contributed by atoms with Crippen LogP contribution in [-0.4, -0.2) is 17.8 Å². The molecule has 1 N–H and O–H groups in total. The standard InChI is InChI=1S/C21H21NO5/c1-4-6-15-11-14(13(2)23)9-10-18(15)26-17-8-5-7-16(12-17)21(3)19(24)22-20(25)27-21/h5,7-12H,4,6H2,1-3H3,(H,22,24,25)/t21-/m1/s1. The first-order valence-corrected chi connectivity index (χ1v) is 8.80. The summed E-state index contributed by atoms with van der Waals surface area (Å²) in [6.45, 7) is 5.12. The minimum absolute atomic E-state index is 0.00267. The normalized spacial score (nSPS) is 18.8. The molecule has 1 aliphatic heterocycles. The van der Waals surface area contributed by atoms with Crippen LogP contribution in [-0.2, 0) is 21.6 Å². The van der Waals surface area contributed by atoms with E-state index in [0.717, 1.165) is 18.4 Å². The number of rotatable bonds is 6. The molecule has 0 spiro atoms. The summed E-state index contributed by atoms with van der Waals surface area (Å²) in [5, 5.41) is 2.14. The molecule has 2 aromatic rings. The topological polar surface area (TPSA) is 81.7 Å². The number of alkyl carbamates (subject to hydrolysis) is 1. The highest BCUT2D eigenvalue weighted by Crippen LogP contribution is 2.34. The lowest BCUT2D eigenvalue weighted by Crippen LogP contribution is -2.33. The molecule has 2 amide bonds. The van der Waals surface area contributed by atoms with Crippen LogP contribution in [0.3, 0.4) is 0 Å². The Balaban J connectivity index is 1.92. The van der Waals surface area contributed by atoms with Crippen LogP contribution < -0.4 is 10.1 Å².